The highest BCUT2D eigenvalue weighted by Gasteiger charge is 2.00. The molecule has 0 aliphatic heterocycles. The molecule has 0 aliphatic rings. The Morgan fingerprint density at radius 3 is 2.53 bits per heavy atom. The molecular weight excluding hydrogens is 253 g/mol. The van der Waals surface area contributed by atoms with E-state index in [0.29, 0.717) is 10.0 Å². The average molecular weight is 264 g/mol. The maximum atomic E-state index is 6.09. The smallest absolute Gasteiger partial charge is 0.0664 e. The first-order valence-electron chi connectivity index (χ1n) is 5.22. The standard InChI is InChI=1S/C14H11Cl2N/c1-10-4-2-6-12(17-10)9-8-11-5-3-7-13(15)14(11)16/h2-9H,1H3/b9-8+. The van der Waals surface area contributed by atoms with Crippen molar-refractivity contribution in [2.24, 2.45) is 0 Å². The summed E-state index contributed by atoms with van der Waals surface area (Å²) in [6.07, 6.45) is 3.83. The van der Waals surface area contributed by atoms with Crippen LogP contribution < -0.4 is 0 Å². The Hall–Kier alpha value is -1.31. The molecule has 0 aliphatic carbocycles. The van der Waals surface area contributed by atoms with Gasteiger partial charge >= 0.3 is 0 Å². The van der Waals surface area contributed by atoms with Gasteiger partial charge in [0.15, 0.2) is 0 Å². The Morgan fingerprint density at radius 1 is 1.00 bits per heavy atom. The third kappa shape index (κ3) is 3.09. The molecule has 0 saturated carbocycles. The van der Waals surface area contributed by atoms with Gasteiger partial charge in [0.05, 0.1) is 15.7 Å². The SMILES string of the molecule is Cc1cccc(/C=C/c2cccc(Cl)c2Cl)n1. The lowest BCUT2D eigenvalue weighted by molar-refractivity contribution is 1.18. The topological polar surface area (TPSA) is 12.9 Å². The van der Waals surface area contributed by atoms with Crippen LogP contribution in [-0.2, 0) is 0 Å². The number of aromatic nitrogens is 1. The molecule has 2 rings (SSSR count). The average Bonchev–Trinajstić information content (AvgIpc) is 2.31. The summed E-state index contributed by atoms with van der Waals surface area (Å²) >= 11 is 12.0. The van der Waals surface area contributed by atoms with E-state index in [0.717, 1.165) is 17.0 Å². The summed E-state index contributed by atoms with van der Waals surface area (Å²) in [5.74, 6) is 0. The normalized spacial score (nSPS) is 11.0. The second-order valence-corrected chi connectivity index (χ2v) is 4.47. The molecule has 1 aromatic heterocycles. The summed E-state index contributed by atoms with van der Waals surface area (Å²) in [7, 11) is 0. The number of rotatable bonds is 2. The molecule has 0 spiro atoms. The minimum absolute atomic E-state index is 0.561. The number of hydrogen-bond donors (Lipinski definition) is 0. The van der Waals surface area contributed by atoms with Crippen molar-refractivity contribution in [3.8, 4) is 0 Å². The minimum atomic E-state index is 0.561. The van der Waals surface area contributed by atoms with Gasteiger partial charge in [-0.25, -0.2) is 0 Å². The number of hydrogen-bond acceptors (Lipinski definition) is 1. The molecule has 0 bridgehead atoms. The van der Waals surface area contributed by atoms with Gasteiger partial charge in [0.1, 0.15) is 0 Å². The molecule has 0 unspecified atom stereocenters. The molecule has 1 heterocycles. The van der Waals surface area contributed by atoms with Gasteiger partial charge in [-0.3, -0.25) is 4.98 Å². The number of aryl methyl sites for hydroxylation is 1. The molecule has 3 heteroatoms. The van der Waals surface area contributed by atoms with Gasteiger partial charge in [-0.15, -0.1) is 0 Å². The van der Waals surface area contributed by atoms with Gasteiger partial charge < -0.3 is 0 Å². The Balaban J connectivity index is 2.29. The van der Waals surface area contributed by atoms with Crippen molar-refractivity contribution in [1.29, 1.82) is 0 Å². The van der Waals surface area contributed by atoms with E-state index in [1.54, 1.807) is 6.07 Å². The van der Waals surface area contributed by atoms with E-state index in [1.807, 2.05) is 49.4 Å². The second-order valence-electron chi connectivity index (χ2n) is 3.68. The Morgan fingerprint density at radius 2 is 1.76 bits per heavy atom. The Kier molecular flexibility index (Phi) is 3.82. The van der Waals surface area contributed by atoms with Gasteiger partial charge in [0, 0.05) is 5.69 Å². The van der Waals surface area contributed by atoms with Crippen LogP contribution in [-0.4, -0.2) is 4.98 Å². The molecule has 0 fully saturated rings. The molecule has 1 nitrogen and oxygen atoms in total. The molecule has 0 radical (unpaired) electrons. The molecule has 0 N–H and O–H groups in total. The zero-order chi connectivity index (χ0) is 12.3. The maximum Gasteiger partial charge on any atom is 0.0664 e. The highest BCUT2D eigenvalue weighted by molar-refractivity contribution is 6.42. The summed E-state index contributed by atoms with van der Waals surface area (Å²) in [5, 5.41) is 1.13. The van der Waals surface area contributed by atoms with Crippen molar-refractivity contribution in [2.45, 2.75) is 6.92 Å². The number of benzene rings is 1. The second kappa shape index (κ2) is 5.35. The molecule has 1 aromatic carbocycles. The van der Waals surface area contributed by atoms with Crippen LogP contribution in [0, 0.1) is 6.92 Å². The lowest BCUT2D eigenvalue weighted by Gasteiger charge is -2.00. The van der Waals surface area contributed by atoms with Crippen LogP contribution >= 0.6 is 23.2 Å². The number of nitrogens with zero attached hydrogens (tertiary/aromatic N) is 1. The van der Waals surface area contributed by atoms with Gasteiger partial charge in [-0.2, -0.15) is 0 Å². The maximum absolute atomic E-state index is 6.09. The molecule has 0 amide bonds. The summed E-state index contributed by atoms with van der Waals surface area (Å²) in [6.45, 7) is 1.96. The molecule has 17 heavy (non-hydrogen) atoms. The van der Waals surface area contributed by atoms with Gasteiger partial charge in [-0.1, -0.05) is 47.5 Å². The fourth-order valence-electron chi connectivity index (χ4n) is 1.48. The van der Waals surface area contributed by atoms with Crippen molar-refractivity contribution in [3.63, 3.8) is 0 Å². The Labute approximate surface area is 111 Å². The van der Waals surface area contributed by atoms with E-state index in [2.05, 4.69) is 4.98 Å². The third-order valence-corrected chi connectivity index (χ3v) is 3.16. The van der Waals surface area contributed by atoms with E-state index >= 15 is 0 Å². The van der Waals surface area contributed by atoms with Crippen LogP contribution in [0.5, 0.6) is 0 Å². The number of pyridine rings is 1. The van der Waals surface area contributed by atoms with Crippen molar-refractivity contribution in [3.05, 3.63) is 63.4 Å². The summed E-state index contributed by atoms with van der Waals surface area (Å²) < 4.78 is 0. The van der Waals surface area contributed by atoms with Crippen LogP contribution in [0.1, 0.15) is 17.0 Å². The first-order chi connectivity index (χ1) is 8.16. The molecule has 0 atom stereocenters. The van der Waals surface area contributed by atoms with Crippen LogP contribution in [0.15, 0.2) is 36.4 Å². The molecule has 86 valence electrons. The van der Waals surface area contributed by atoms with E-state index in [1.165, 1.54) is 0 Å². The molecule has 2 aromatic rings. The highest BCUT2D eigenvalue weighted by atomic mass is 35.5. The Bertz CT molecular complexity index is 562. The summed E-state index contributed by atoms with van der Waals surface area (Å²) in [5.41, 5.74) is 2.79. The predicted octanol–water partition coefficient (Wildman–Crippen LogP) is 4.87. The first-order valence-corrected chi connectivity index (χ1v) is 5.98. The van der Waals surface area contributed by atoms with Crippen LogP contribution in [0.4, 0.5) is 0 Å². The van der Waals surface area contributed by atoms with Crippen molar-refractivity contribution in [2.75, 3.05) is 0 Å². The van der Waals surface area contributed by atoms with E-state index in [9.17, 15) is 0 Å². The van der Waals surface area contributed by atoms with Gasteiger partial charge in [0.25, 0.3) is 0 Å². The third-order valence-electron chi connectivity index (χ3n) is 2.32. The lowest BCUT2D eigenvalue weighted by atomic mass is 10.2. The predicted molar refractivity (Wildman–Crippen MR) is 74.4 cm³/mol. The van der Waals surface area contributed by atoms with Gasteiger partial charge in [-0.05, 0) is 36.8 Å². The first kappa shape index (κ1) is 12.2. The fraction of sp³-hybridized carbons (Fsp3) is 0.0714. The van der Waals surface area contributed by atoms with Crippen molar-refractivity contribution >= 4 is 35.4 Å². The molecule has 0 saturated heterocycles. The zero-order valence-corrected chi connectivity index (χ0v) is 10.8. The van der Waals surface area contributed by atoms with Crippen molar-refractivity contribution in [1.82, 2.24) is 4.98 Å². The lowest BCUT2D eigenvalue weighted by Crippen LogP contribution is -1.83. The van der Waals surface area contributed by atoms with E-state index in [4.69, 9.17) is 23.2 Å². The van der Waals surface area contributed by atoms with Gasteiger partial charge in [0.2, 0.25) is 0 Å². The summed E-state index contributed by atoms with van der Waals surface area (Å²) in [4.78, 5) is 4.38. The van der Waals surface area contributed by atoms with E-state index < -0.39 is 0 Å². The quantitative estimate of drug-likeness (QED) is 0.754. The summed E-state index contributed by atoms with van der Waals surface area (Å²) in [6, 6.07) is 11.4. The monoisotopic (exact) mass is 263 g/mol. The highest BCUT2D eigenvalue weighted by Crippen LogP contribution is 2.26. The minimum Gasteiger partial charge on any atom is -0.254 e. The molecular formula is C14H11Cl2N. The van der Waals surface area contributed by atoms with Crippen LogP contribution in [0.25, 0.3) is 12.2 Å². The van der Waals surface area contributed by atoms with Crippen LogP contribution in [0.3, 0.4) is 0 Å². The number of halogens is 2. The zero-order valence-electron chi connectivity index (χ0n) is 9.32. The largest absolute Gasteiger partial charge is 0.254 e. The fourth-order valence-corrected chi connectivity index (χ4v) is 1.85. The van der Waals surface area contributed by atoms with Crippen molar-refractivity contribution < 1.29 is 0 Å². The van der Waals surface area contributed by atoms with E-state index in [-0.39, 0.29) is 0 Å². The van der Waals surface area contributed by atoms with Crippen LogP contribution in [0.2, 0.25) is 10.0 Å².